The highest BCUT2D eigenvalue weighted by molar-refractivity contribution is 6.32. The molecule has 0 fully saturated rings. The summed E-state index contributed by atoms with van der Waals surface area (Å²) in [6.45, 7) is 7.44. The number of aromatic amines is 1. The van der Waals surface area contributed by atoms with Crippen molar-refractivity contribution in [3.63, 3.8) is 0 Å². The van der Waals surface area contributed by atoms with Crippen molar-refractivity contribution in [3.8, 4) is 0 Å². The Balaban J connectivity index is 1.70. The molecule has 154 valence electrons. The number of hydrogen-bond acceptors (Lipinski definition) is 4. The van der Waals surface area contributed by atoms with E-state index in [-0.39, 0.29) is 11.6 Å². The van der Waals surface area contributed by atoms with Crippen molar-refractivity contribution in [2.45, 2.75) is 46.3 Å². The van der Waals surface area contributed by atoms with E-state index in [2.05, 4.69) is 28.7 Å². The van der Waals surface area contributed by atoms with Crippen LogP contribution >= 0.6 is 11.6 Å². The van der Waals surface area contributed by atoms with Gasteiger partial charge in [0.15, 0.2) is 0 Å². The first-order valence-corrected chi connectivity index (χ1v) is 10.6. The average molecular weight is 421 g/mol. The lowest BCUT2D eigenvalue weighted by molar-refractivity contribution is 0.179. The first-order valence-electron chi connectivity index (χ1n) is 10.2. The van der Waals surface area contributed by atoms with Crippen molar-refractivity contribution in [2.24, 2.45) is 0 Å². The Labute approximate surface area is 180 Å². The van der Waals surface area contributed by atoms with Crippen LogP contribution in [0.1, 0.15) is 37.4 Å². The fraction of sp³-hybridized carbons (Fsp3) is 0.292. The number of benzene rings is 2. The molecule has 2 heterocycles. The van der Waals surface area contributed by atoms with Crippen LogP contribution in [0.15, 0.2) is 53.3 Å². The van der Waals surface area contributed by atoms with Gasteiger partial charge in [0.1, 0.15) is 5.82 Å². The standard InChI is InChI=1S/C24H25ClN4O/c1-4-15(2)29(14-22-27-20-12-8-6-10-18(20)24(30)28-22)13-21-23(25)16(3)17-9-5-7-11-19(17)26-21/h5-12,15H,4,13-14H2,1-3H3,(H,27,28,30). The molecule has 0 spiro atoms. The van der Waals surface area contributed by atoms with Gasteiger partial charge in [-0.05, 0) is 44.0 Å². The summed E-state index contributed by atoms with van der Waals surface area (Å²) in [4.78, 5) is 27.2. The van der Waals surface area contributed by atoms with Crippen molar-refractivity contribution < 1.29 is 0 Å². The number of aromatic nitrogens is 3. The van der Waals surface area contributed by atoms with Crippen LogP contribution in [-0.2, 0) is 13.1 Å². The maximum absolute atomic E-state index is 12.5. The SMILES string of the molecule is CCC(C)N(Cc1nc2ccccc2c(=O)[nH]1)Cc1nc2ccccc2c(C)c1Cl. The minimum Gasteiger partial charge on any atom is -0.309 e. The van der Waals surface area contributed by atoms with Gasteiger partial charge in [0.2, 0.25) is 0 Å². The average Bonchev–Trinajstić information content (AvgIpc) is 2.76. The minimum absolute atomic E-state index is 0.114. The van der Waals surface area contributed by atoms with Crippen LogP contribution in [0.5, 0.6) is 0 Å². The van der Waals surface area contributed by atoms with Gasteiger partial charge in [0, 0.05) is 18.0 Å². The van der Waals surface area contributed by atoms with Crippen molar-refractivity contribution in [3.05, 3.63) is 81.0 Å². The third-order valence-electron chi connectivity index (χ3n) is 5.73. The molecular formula is C24H25ClN4O. The van der Waals surface area contributed by atoms with Crippen molar-refractivity contribution in [2.75, 3.05) is 0 Å². The van der Waals surface area contributed by atoms with Crippen LogP contribution in [0.3, 0.4) is 0 Å². The van der Waals surface area contributed by atoms with E-state index in [1.165, 1.54) is 0 Å². The highest BCUT2D eigenvalue weighted by Crippen LogP contribution is 2.28. The molecule has 2 aromatic heterocycles. The normalized spacial score (nSPS) is 12.7. The van der Waals surface area contributed by atoms with E-state index < -0.39 is 0 Å². The zero-order valence-corrected chi connectivity index (χ0v) is 18.2. The van der Waals surface area contributed by atoms with Crippen LogP contribution < -0.4 is 5.56 Å². The summed E-state index contributed by atoms with van der Waals surface area (Å²) in [5, 5.41) is 2.37. The largest absolute Gasteiger partial charge is 0.309 e. The third kappa shape index (κ3) is 3.95. The van der Waals surface area contributed by atoms with E-state index in [1.807, 2.05) is 49.4 Å². The molecule has 0 aliphatic heterocycles. The summed E-state index contributed by atoms with van der Waals surface area (Å²) < 4.78 is 0. The van der Waals surface area contributed by atoms with Crippen LogP contribution in [-0.4, -0.2) is 25.9 Å². The highest BCUT2D eigenvalue weighted by Gasteiger charge is 2.19. The Kier molecular flexibility index (Phi) is 5.84. The minimum atomic E-state index is -0.114. The van der Waals surface area contributed by atoms with E-state index in [0.29, 0.717) is 34.8 Å². The number of halogens is 1. The molecule has 0 aliphatic rings. The summed E-state index contributed by atoms with van der Waals surface area (Å²) in [7, 11) is 0. The number of rotatable bonds is 6. The maximum Gasteiger partial charge on any atom is 0.258 e. The maximum atomic E-state index is 12.5. The van der Waals surface area contributed by atoms with Crippen molar-refractivity contribution >= 4 is 33.4 Å². The second-order valence-corrected chi connectivity index (χ2v) is 8.08. The van der Waals surface area contributed by atoms with E-state index in [4.69, 9.17) is 16.6 Å². The van der Waals surface area contributed by atoms with Gasteiger partial charge in [-0.25, -0.2) is 9.97 Å². The molecule has 5 nitrogen and oxygen atoms in total. The number of fused-ring (bicyclic) bond motifs is 2. The third-order valence-corrected chi connectivity index (χ3v) is 6.23. The Morgan fingerprint density at radius 3 is 2.33 bits per heavy atom. The Morgan fingerprint density at radius 1 is 1.00 bits per heavy atom. The molecule has 0 amide bonds. The van der Waals surface area contributed by atoms with Crippen molar-refractivity contribution in [1.29, 1.82) is 0 Å². The monoisotopic (exact) mass is 420 g/mol. The zero-order valence-electron chi connectivity index (χ0n) is 17.4. The number of aryl methyl sites for hydroxylation is 1. The van der Waals surface area contributed by atoms with Crippen LogP contribution in [0.2, 0.25) is 5.02 Å². The van der Waals surface area contributed by atoms with Crippen molar-refractivity contribution in [1.82, 2.24) is 19.9 Å². The zero-order chi connectivity index (χ0) is 21.3. The highest BCUT2D eigenvalue weighted by atomic mass is 35.5. The second-order valence-electron chi connectivity index (χ2n) is 7.71. The number of nitrogens with one attached hydrogen (secondary N) is 1. The fourth-order valence-corrected chi connectivity index (χ4v) is 3.95. The number of hydrogen-bond donors (Lipinski definition) is 1. The van der Waals surface area contributed by atoms with E-state index >= 15 is 0 Å². The Hall–Kier alpha value is -2.76. The first-order chi connectivity index (χ1) is 14.5. The molecule has 30 heavy (non-hydrogen) atoms. The summed E-state index contributed by atoms with van der Waals surface area (Å²) in [6.07, 6.45) is 0.960. The molecule has 4 rings (SSSR count). The molecule has 0 aliphatic carbocycles. The Bertz CT molecular complexity index is 1270. The van der Waals surface area contributed by atoms with Gasteiger partial charge in [-0.1, -0.05) is 48.9 Å². The molecule has 1 atom stereocenters. The topological polar surface area (TPSA) is 61.9 Å². The first kappa shape index (κ1) is 20.5. The smallest absolute Gasteiger partial charge is 0.258 e. The lowest BCUT2D eigenvalue weighted by Crippen LogP contribution is -2.33. The molecule has 4 aromatic rings. The summed E-state index contributed by atoms with van der Waals surface area (Å²) >= 11 is 6.71. The van der Waals surface area contributed by atoms with E-state index in [9.17, 15) is 4.79 Å². The summed E-state index contributed by atoms with van der Waals surface area (Å²) in [5.41, 5.74) is 3.42. The van der Waals surface area contributed by atoms with E-state index in [1.54, 1.807) is 6.07 Å². The Morgan fingerprint density at radius 2 is 1.63 bits per heavy atom. The molecule has 2 aromatic carbocycles. The van der Waals surface area contributed by atoms with Crippen LogP contribution in [0.4, 0.5) is 0 Å². The molecule has 0 bridgehead atoms. The van der Waals surface area contributed by atoms with Gasteiger partial charge in [0.25, 0.3) is 5.56 Å². The predicted octanol–water partition coefficient (Wildman–Crippen LogP) is 5.23. The summed E-state index contributed by atoms with van der Waals surface area (Å²) in [6, 6.07) is 15.7. The van der Waals surface area contributed by atoms with Gasteiger partial charge >= 0.3 is 0 Å². The quantitative estimate of drug-likeness (QED) is 0.463. The lowest BCUT2D eigenvalue weighted by Gasteiger charge is -2.28. The number of pyridine rings is 1. The fourth-order valence-electron chi connectivity index (χ4n) is 3.74. The molecular weight excluding hydrogens is 396 g/mol. The number of nitrogens with zero attached hydrogens (tertiary/aromatic N) is 3. The lowest BCUT2D eigenvalue weighted by atomic mass is 10.1. The van der Waals surface area contributed by atoms with Gasteiger partial charge in [0.05, 0.1) is 33.7 Å². The van der Waals surface area contributed by atoms with Gasteiger partial charge in [-0.15, -0.1) is 0 Å². The number of H-pyrrole nitrogens is 1. The molecule has 6 heteroatoms. The molecule has 0 saturated heterocycles. The van der Waals surface area contributed by atoms with Crippen LogP contribution in [0.25, 0.3) is 21.8 Å². The predicted molar refractivity (Wildman–Crippen MR) is 123 cm³/mol. The van der Waals surface area contributed by atoms with Crippen LogP contribution in [0, 0.1) is 6.92 Å². The molecule has 0 saturated carbocycles. The molecule has 1 N–H and O–H groups in total. The van der Waals surface area contributed by atoms with Gasteiger partial charge < -0.3 is 4.98 Å². The summed E-state index contributed by atoms with van der Waals surface area (Å²) in [5.74, 6) is 0.646. The van der Waals surface area contributed by atoms with E-state index in [0.717, 1.165) is 28.6 Å². The van der Waals surface area contributed by atoms with Gasteiger partial charge in [-0.2, -0.15) is 0 Å². The number of para-hydroxylation sites is 2. The second kappa shape index (κ2) is 8.54. The molecule has 1 unspecified atom stereocenters. The van der Waals surface area contributed by atoms with Gasteiger partial charge in [-0.3, -0.25) is 9.69 Å². The molecule has 0 radical (unpaired) electrons.